The van der Waals surface area contributed by atoms with Gasteiger partial charge in [0.1, 0.15) is 0 Å². The molecule has 0 unspecified atom stereocenters. The van der Waals surface area contributed by atoms with Crippen LogP contribution in [0.5, 0.6) is 0 Å². The van der Waals surface area contributed by atoms with Crippen LogP contribution in [0.2, 0.25) is 0 Å². The van der Waals surface area contributed by atoms with Crippen molar-refractivity contribution >= 4 is 88.4 Å². The molecule has 0 aliphatic rings. The molecule has 0 saturated carbocycles. The normalized spacial score (nSPS) is 11.8. The molecule has 0 bridgehead atoms. The van der Waals surface area contributed by atoms with E-state index >= 15 is 0 Å². The minimum atomic E-state index is 1.24. The Kier molecular flexibility index (Phi) is 9.61. The van der Waals surface area contributed by atoms with Gasteiger partial charge in [0.2, 0.25) is 0 Å². The Morgan fingerprint density at radius 2 is 0.422 bits per heavy atom. The highest BCUT2D eigenvalue weighted by atomic mass is 32.1. The molecule has 0 aliphatic heterocycles. The highest BCUT2D eigenvalue weighted by Crippen LogP contribution is 2.52. The summed E-state index contributed by atoms with van der Waals surface area (Å²) in [5.74, 6) is 0. The fourth-order valence-corrected chi connectivity index (χ4v) is 13.3. The first-order valence-corrected chi connectivity index (χ1v) is 25.1. The monoisotopic (exact) mass is 890 g/mol. The number of fused-ring (bicyclic) bond motifs is 4. The lowest BCUT2D eigenvalue weighted by Gasteiger charge is -2.23. The first-order valence-electron chi connectivity index (χ1n) is 21.8. The van der Waals surface area contributed by atoms with Crippen molar-refractivity contribution in [3.8, 4) is 75.1 Å². The van der Waals surface area contributed by atoms with Crippen molar-refractivity contribution in [2.24, 2.45) is 0 Å². The Morgan fingerprint density at radius 3 is 0.625 bits per heavy atom. The largest absolute Gasteiger partial charge is 0.141 e. The molecule has 0 spiro atoms. The summed E-state index contributed by atoms with van der Waals surface area (Å²) >= 11 is 7.47. The number of hydrogen-bond acceptors (Lipinski definition) is 4. The van der Waals surface area contributed by atoms with Crippen molar-refractivity contribution in [2.45, 2.75) is 27.7 Å². The third kappa shape index (κ3) is 6.67. The summed E-state index contributed by atoms with van der Waals surface area (Å²) in [6, 6.07) is 69.2. The van der Waals surface area contributed by atoms with Crippen LogP contribution in [0.1, 0.15) is 19.5 Å². The van der Waals surface area contributed by atoms with Crippen LogP contribution in [-0.4, -0.2) is 0 Å². The van der Waals surface area contributed by atoms with Gasteiger partial charge in [-0.25, -0.2) is 0 Å². The van der Waals surface area contributed by atoms with Gasteiger partial charge in [-0.3, -0.25) is 0 Å². The SMILES string of the molecule is Cc1ccc(-c2cc(-c3ccc(C)s3)cc(-c3c4ccccc4c(-c4c5ccccc5c(-c5cc(-c6ccc(C)s6)cc(-c6ccc(C)s6)c5)c5ccccc45)c4ccccc34)c2)s1. The van der Waals surface area contributed by atoms with Gasteiger partial charge in [-0.15, -0.1) is 45.3 Å². The molecule has 12 aromatic rings. The van der Waals surface area contributed by atoms with E-state index in [1.54, 1.807) is 0 Å². The van der Waals surface area contributed by atoms with Gasteiger partial charge in [-0.1, -0.05) is 97.1 Å². The molecule has 0 radical (unpaired) electrons. The first kappa shape index (κ1) is 39.2. The van der Waals surface area contributed by atoms with E-state index in [-0.39, 0.29) is 0 Å². The van der Waals surface area contributed by atoms with Gasteiger partial charge in [-0.2, -0.15) is 0 Å². The molecule has 8 aromatic carbocycles. The van der Waals surface area contributed by atoms with Crippen molar-refractivity contribution in [3.05, 3.63) is 201 Å². The Morgan fingerprint density at radius 1 is 0.219 bits per heavy atom. The van der Waals surface area contributed by atoms with Gasteiger partial charge in [0.15, 0.2) is 0 Å². The summed E-state index contributed by atoms with van der Waals surface area (Å²) in [6.07, 6.45) is 0. The Hall–Kier alpha value is -6.40. The van der Waals surface area contributed by atoms with Gasteiger partial charge >= 0.3 is 0 Å². The summed E-state index contributed by atoms with van der Waals surface area (Å²) < 4.78 is 0. The molecule has 0 N–H and O–H groups in total. The second kappa shape index (κ2) is 15.7. The maximum atomic E-state index is 2.43. The minimum Gasteiger partial charge on any atom is -0.141 e. The quantitative estimate of drug-likeness (QED) is 0.140. The predicted molar refractivity (Wildman–Crippen MR) is 285 cm³/mol. The third-order valence-corrected chi connectivity index (χ3v) is 16.9. The average Bonchev–Trinajstić information content (AvgIpc) is 4.16. The lowest BCUT2D eigenvalue weighted by molar-refractivity contribution is 1.63. The van der Waals surface area contributed by atoms with E-state index in [0.717, 1.165) is 0 Å². The number of hydrogen-bond donors (Lipinski definition) is 0. The summed E-state index contributed by atoms with van der Waals surface area (Å²) in [5, 5.41) is 10.1. The van der Waals surface area contributed by atoms with Crippen LogP contribution < -0.4 is 0 Å². The van der Waals surface area contributed by atoms with E-state index in [0.29, 0.717) is 0 Å². The highest BCUT2D eigenvalue weighted by Gasteiger charge is 2.24. The summed E-state index contributed by atoms with van der Waals surface area (Å²) in [5.41, 5.74) is 12.7. The molecule has 0 saturated heterocycles. The fraction of sp³-hybridized carbons (Fsp3) is 0.0667. The van der Waals surface area contributed by atoms with Crippen LogP contribution in [0.4, 0.5) is 0 Å². The second-order valence-electron chi connectivity index (χ2n) is 16.9. The molecule has 0 nitrogen and oxygen atoms in total. The molecular weight excluding hydrogens is 849 g/mol. The summed E-state index contributed by atoms with van der Waals surface area (Å²) in [6.45, 7) is 8.81. The zero-order valence-corrected chi connectivity index (χ0v) is 39.2. The Balaban J connectivity index is 1.16. The zero-order valence-electron chi connectivity index (χ0n) is 36.0. The van der Waals surface area contributed by atoms with E-state index in [2.05, 4.69) is 210 Å². The molecule has 0 fully saturated rings. The van der Waals surface area contributed by atoms with E-state index in [9.17, 15) is 0 Å². The summed E-state index contributed by atoms with van der Waals surface area (Å²) in [7, 11) is 0. The molecular formula is C60H42S4. The van der Waals surface area contributed by atoms with Gasteiger partial charge in [-0.05, 0) is 211 Å². The van der Waals surface area contributed by atoms with Crippen molar-refractivity contribution in [3.63, 3.8) is 0 Å². The van der Waals surface area contributed by atoms with E-state index in [1.165, 1.54) is 138 Å². The van der Waals surface area contributed by atoms with Crippen molar-refractivity contribution in [1.82, 2.24) is 0 Å². The lowest BCUT2D eigenvalue weighted by atomic mass is 9.80. The molecule has 12 rings (SSSR count). The average molecular weight is 891 g/mol. The third-order valence-electron chi connectivity index (χ3n) is 12.7. The molecule has 64 heavy (non-hydrogen) atoms. The van der Waals surface area contributed by atoms with Crippen molar-refractivity contribution in [1.29, 1.82) is 0 Å². The van der Waals surface area contributed by atoms with Crippen LogP contribution in [0.3, 0.4) is 0 Å². The van der Waals surface area contributed by atoms with E-state index in [4.69, 9.17) is 0 Å². The molecule has 0 aliphatic carbocycles. The standard InChI is InChI=1S/C60H42S4/c1-35-21-25-53(61-35)39-29-40(54-26-22-36(2)62-54)32-43(31-39)57-45-13-5-9-17-49(45)59(50-18-10-6-14-46(50)57)60-51-19-11-7-15-47(51)58(48-16-8-12-20-52(48)60)44-33-41(55-27-23-37(3)63-55)30-42(34-44)56-28-24-38(4)64-56/h5-34H,1-4H3. The maximum Gasteiger partial charge on any atom is 0.0345 e. The zero-order chi connectivity index (χ0) is 43.1. The fourth-order valence-electron chi connectivity index (χ4n) is 9.89. The van der Waals surface area contributed by atoms with E-state index < -0.39 is 0 Å². The van der Waals surface area contributed by atoms with Gasteiger partial charge in [0.25, 0.3) is 0 Å². The van der Waals surface area contributed by atoms with E-state index in [1.807, 2.05) is 45.3 Å². The number of rotatable bonds is 7. The van der Waals surface area contributed by atoms with Gasteiger partial charge in [0.05, 0.1) is 0 Å². The topological polar surface area (TPSA) is 0 Å². The van der Waals surface area contributed by atoms with Crippen LogP contribution >= 0.6 is 45.3 Å². The molecule has 0 atom stereocenters. The number of thiophene rings is 4. The predicted octanol–water partition coefficient (Wildman–Crippen LogP) is 19.4. The molecule has 4 heterocycles. The molecule has 0 amide bonds. The van der Waals surface area contributed by atoms with Crippen molar-refractivity contribution in [2.75, 3.05) is 0 Å². The Bertz CT molecular complexity index is 3310. The van der Waals surface area contributed by atoms with Crippen LogP contribution in [-0.2, 0) is 0 Å². The van der Waals surface area contributed by atoms with Crippen LogP contribution in [0, 0.1) is 27.7 Å². The number of benzene rings is 8. The first-order chi connectivity index (χ1) is 31.3. The van der Waals surface area contributed by atoms with Crippen LogP contribution in [0.15, 0.2) is 182 Å². The summed E-state index contributed by atoms with van der Waals surface area (Å²) in [4.78, 5) is 10.5. The smallest absolute Gasteiger partial charge is 0.0345 e. The van der Waals surface area contributed by atoms with Gasteiger partial charge < -0.3 is 0 Å². The minimum absolute atomic E-state index is 1.24. The molecule has 4 aromatic heterocycles. The maximum absolute atomic E-state index is 2.43. The van der Waals surface area contributed by atoms with Crippen LogP contribution in [0.25, 0.3) is 118 Å². The second-order valence-corrected chi connectivity index (χ2v) is 22.1. The molecule has 4 heteroatoms. The lowest BCUT2D eigenvalue weighted by Crippen LogP contribution is -1.95. The molecule has 306 valence electrons. The van der Waals surface area contributed by atoms with Crippen molar-refractivity contribution < 1.29 is 0 Å². The number of aryl methyl sites for hydroxylation is 4. The Labute approximate surface area is 390 Å². The van der Waals surface area contributed by atoms with Gasteiger partial charge in [0, 0.05) is 39.0 Å². The highest BCUT2D eigenvalue weighted by molar-refractivity contribution is 7.16.